The van der Waals surface area contributed by atoms with Crippen LogP contribution < -0.4 is 11.1 Å². The summed E-state index contributed by atoms with van der Waals surface area (Å²) >= 11 is 0. The highest BCUT2D eigenvalue weighted by molar-refractivity contribution is 5.79. The lowest BCUT2D eigenvalue weighted by Gasteiger charge is -2.12. The smallest absolute Gasteiger partial charge is 0.140 e. The van der Waals surface area contributed by atoms with Gasteiger partial charge in [-0.2, -0.15) is 0 Å². The maximum atomic E-state index is 8.32. The molecule has 2 unspecified atom stereocenters. The van der Waals surface area contributed by atoms with Crippen LogP contribution in [0.15, 0.2) is 5.16 Å². The van der Waals surface area contributed by atoms with Gasteiger partial charge >= 0.3 is 0 Å². The van der Waals surface area contributed by atoms with Crippen LogP contribution in [0.4, 0.5) is 0 Å². The zero-order chi connectivity index (χ0) is 10.4. The van der Waals surface area contributed by atoms with E-state index in [-0.39, 0.29) is 5.84 Å². The minimum Gasteiger partial charge on any atom is -0.409 e. The fraction of sp³-hybridized carbons (Fsp3) is 0.889. The number of amidine groups is 1. The fourth-order valence-electron chi connectivity index (χ4n) is 1.79. The standard InChI is InChI=1S/C9H19N3O2/c1-14-8-3-2-7(6-8)11-5-4-9(10)12-13/h7-8,11,13H,2-6H2,1H3,(H2,10,12). The van der Waals surface area contributed by atoms with Crippen molar-refractivity contribution in [1.82, 2.24) is 5.32 Å². The second-order valence-corrected chi connectivity index (χ2v) is 3.66. The van der Waals surface area contributed by atoms with Crippen molar-refractivity contribution in [2.75, 3.05) is 13.7 Å². The lowest BCUT2D eigenvalue weighted by Crippen LogP contribution is -2.30. The zero-order valence-corrected chi connectivity index (χ0v) is 8.57. The molecule has 82 valence electrons. The minimum atomic E-state index is 0.277. The Bertz CT molecular complexity index is 196. The molecule has 1 aliphatic rings. The molecular formula is C9H19N3O2. The number of ether oxygens (including phenoxy) is 1. The van der Waals surface area contributed by atoms with Gasteiger partial charge in [-0.1, -0.05) is 5.16 Å². The largest absolute Gasteiger partial charge is 0.409 e. The summed E-state index contributed by atoms with van der Waals surface area (Å²) in [6, 6.07) is 0.520. The van der Waals surface area contributed by atoms with E-state index in [2.05, 4.69) is 10.5 Å². The number of nitrogens with zero attached hydrogens (tertiary/aromatic N) is 1. The first-order chi connectivity index (χ1) is 6.76. The van der Waals surface area contributed by atoms with Crippen molar-refractivity contribution in [2.45, 2.75) is 37.8 Å². The molecule has 1 saturated carbocycles. The second kappa shape index (κ2) is 5.82. The molecule has 1 aliphatic carbocycles. The van der Waals surface area contributed by atoms with Gasteiger partial charge in [-0.3, -0.25) is 0 Å². The highest BCUT2D eigenvalue weighted by Crippen LogP contribution is 2.21. The van der Waals surface area contributed by atoms with Gasteiger partial charge in [-0.15, -0.1) is 0 Å². The maximum absolute atomic E-state index is 8.32. The summed E-state index contributed by atoms with van der Waals surface area (Å²) in [5.74, 6) is 0.277. The molecule has 14 heavy (non-hydrogen) atoms. The molecular weight excluding hydrogens is 182 g/mol. The van der Waals surface area contributed by atoms with Crippen molar-refractivity contribution in [3.05, 3.63) is 0 Å². The van der Waals surface area contributed by atoms with Crippen LogP contribution >= 0.6 is 0 Å². The average Bonchev–Trinajstić information content (AvgIpc) is 2.65. The number of oxime groups is 1. The van der Waals surface area contributed by atoms with Crippen molar-refractivity contribution in [1.29, 1.82) is 0 Å². The molecule has 1 fully saturated rings. The molecule has 5 nitrogen and oxygen atoms in total. The monoisotopic (exact) mass is 201 g/mol. The summed E-state index contributed by atoms with van der Waals surface area (Å²) in [6.07, 6.45) is 4.32. The molecule has 1 rings (SSSR count). The zero-order valence-electron chi connectivity index (χ0n) is 8.57. The van der Waals surface area contributed by atoms with E-state index in [1.807, 2.05) is 0 Å². The first-order valence-corrected chi connectivity index (χ1v) is 4.99. The minimum absolute atomic E-state index is 0.277. The number of nitrogens with two attached hydrogens (primary N) is 1. The molecule has 0 heterocycles. The highest BCUT2D eigenvalue weighted by Gasteiger charge is 2.23. The van der Waals surface area contributed by atoms with Crippen LogP contribution in [0.25, 0.3) is 0 Å². The van der Waals surface area contributed by atoms with E-state index in [0.717, 1.165) is 25.8 Å². The van der Waals surface area contributed by atoms with Gasteiger partial charge in [0.15, 0.2) is 0 Å². The molecule has 0 bridgehead atoms. The quantitative estimate of drug-likeness (QED) is 0.258. The van der Waals surface area contributed by atoms with Crippen molar-refractivity contribution in [2.24, 2.45) is 10.9 Å². The predicted molar refractivity (Wildman–Crippen MR) is 54.5 cm³/mol. The second-order valence-electron chi connectivity index (χ2n) is 3.66. The number of nitrogens with one attached hydrogen (secondary N) is 1. The van der Waals surface area contributed by atoms with Crippen LogP contribution in [0.1, 0.15) is 25.7 Å². The van der Waals surface area contributed by atoms with E-state index < -0.39 is 0 Å². The molecule has 2 atom stereocenters. The molecule has 0 aromatic carbocycles. The molecule has 4 N–H and O–H groups in total. The van der Waals surface area contributed by atoms with Gasteiger partial charge in [0, 0.05) is 26.1 Å². The molecule has 0 saturated heterocycles. The van der Waals surface area contributed by atoms with Crippen LogP contribution in [0.3, 0.4) is 0 Å². The third-order valence-corrected chi connectivity index (χ3v) is 2.66. The van der Waals surface area contributed by atoms with Crippen molar-refractivity contribution >= 4 is 5.84 Å². The number of hydrogen-bond donors (Lipinski definition) is 3. The third-order valence-electron chi connectivity index (χ3n) is 2.66. The topological polar surface area (TPSA) is 79.9 Å². The summed E-state index contributed by atoms with van der Waals surface area (Å²) < 4.78 is 5.26. The number of hydrogen-bond acceptors (Lipinski definition) is 4. The van der Waals surface area contributed by atoms with E-state index in [9.17, 15) is 0 Å². The Balaban J connectivity index is 2.08. The molecule has 0 aliphatic heterocycles. The Kier molecular flexibility index (Phi) is 4.69. The first-order valence-electron chi connectivity index (χ1n) is 4.99. The van der Waals surface area contributed by atoms with Gasteiger partial charge in [0.2, 0.25) is 0 Å². The maximum Gasteiger partial charge on any atom is 0.140 e. The molecule has 0 aromatic rings. The molecule has 5 heteroatoms. The van der Waals surface area contributed by atoms with E-state index in [4.69, 9.17) is 15.7 Å². The van der Waals surface area contributed by atoms with Crippen LogP contribution in [0, 0.1) is 0 Å². The van der Waals surface area contributed by atoms with Gasteiger partial charge in [0.25, 0.3) is 0 Å². The van der Waals surface area contributed by atoms with Crippen molar-refractivity contribution < 1.29 is 9.94 Å². The van der Waals surface area contributed by atoms with Gasteiger partial charge in [-0.05, 0) is 19.3 Å². The van der Waals surface area contributed by atoms with Gasteiger partial charge in [-0.25, -0.2) is 0 Å². The van der Waals surface area contributed by atoms with Crippen LogP contribution in [0.5, 0.6) is 0 Å². The lowest BCUT2D eigenvalue weighted by atomic mass is 10.2. The molecule has 0 amide bonds. The molecule has 0 aromatic heterocycles. The normalized spacial score (nSPS) is 28.2. The van der Waals surface area contributed by atoms with E-state index in [1.165, 1.54) is 0 Å². The van der Waals surface area contributed by atoms with Crippen molar-refractivity contribution in [3.8, 4) is 0 Å². The van der Waals surface area contributed by atoms with Crippen molar-refractivity contribution in [3.63, 3.8) is 0 Å². The summed E-state index contributed by atoms with van der Waals surface area (Å²) in [5, 5.41) is 14.6. The van der Waals surface area contributed by atoms with Crippen LogP contribution in [-0.2, 0) is 4.74 Å². The SMILES string of the molecule is COC1CCC(NCCC(N)=NO)C1. The predicted octanol–water partition coefficient (Wildman–Crippen LogP) is 0.280. The van der Waals surface area contributed by atoms with Gasteiger partial charge in [0.05, 0.1) is 6.10 Å². The average molecular weight is 201 g/mol. The Morgan fingerprint density at radius 1 is 1.64 bits per heavy atom. The molecule has 0 radical (unpaired) electrons. The summed E-state index contributed by atoms with van der Waals surface area (Å²) in [5.41, 5.74) is 5.35. The first kappa shape index (κ1) is 11.3. The third kappa shape index (κ3) is 3.51. The highest BCUT2D eigenvalue weighted by atomic mass is 16.5. The summed E-state index contributed by atoms with van der Waals surface area (Å²) in [7, 11) is 1.75. The van der Waals surface area contributed by atoms with E-state index >= 15 is 0 Å². The molecule has 0 spiro atoms. The van der Waals surface area contributed by atoms with Crippen LogP contribution in [-0.4, -0.2) is 36.8 Å². The number of methoxy groups -OCH3 is 1. The lowest BCUT2D eigenvalue weighted by molar-refractivity contribution is 0.107. The van der Waals surface area contributed by atoms with E-state index in [0.29, 0.717) is 18.6 Å². The summed E-state index contributed by atoms with van der Waals surface area (Å²) in [4.78, 5) is 0. The Morgan fingerprint density at radius 2 is 2.43 bits per heavy atom. The Hall–Kier alpha value is -0.810. The Morgan fingerprint density at radius 3 is 3.00 bits per heavy atom. The number of rotatable bonds is 5. The fourth-order valence-corrected chi connectivity index (χ4v) is 1.79. The van der Waals surface area contributed by atoms with Gasteiger partial charge in [0.1, 0.15) is 5.84 Å². The van der Waals surface area contributed by atoms with E-state index in [1.54, 1.807) is 7.11 Å². The van der Waals surface area contributed by atoms with Crippen LogP contribution in [0.2, 0.25) is 0 Å². The summed E-state index contributed by atoms with van der Waals surface area (Å²) in [6.45, 7) is 0.761. The Labute approximate surface area is 84.3 Å². The van der Waals surface area contributed by atoms with Gasteiger partial charge < -0.3 is 21.0 Å².